The van der Waals surface area contributed by atoms with Crippen LogP contribution in [0.25, 0.3) is 0 Å². The van der Waals surface area contributed by atoms with E-state index >= 15 is 0 Å². The van der Waals surface area contributed by atoms with Crippen molar-refractivity contribution < 1.29 is 0 Å². The zero-order valence-corrected chi connectivity index (χ0v) is 6.30. The molecule has 0 aliphatic heterocycles. The van der Waals surface area contributed by atoms with Crippen molar-refractivity contribution in [3.8, 4) is 0 Å². The van der Waals surface area contributed by atoms with Crippen LogP contribution in [0.2, 0.25) is 0 Å². The molecule has 1 rings (SSSR count). The fourth-order valence-corrected chi connectivity index (χ4v) is 0.923. The Labute approximate surface area is 60.5 Å². The minimum Gasteiger partial charge on any atom is -0.283 e. The van der Waals surface area contributed by atoms with E-state index in [0.29, 0.717) is 0 Å². The molecule has 0 atom stereocenters. The molecule has 1 aromatic rings. The highest BCUT2D eigenvalue weighted by Gasteiger charge is 1.92. The number of nitrogens with zero attached hydrogens (tertiary/aromatic N) is 2. The van der Waals surface area contributed by atoms with Crippen LogP contribution in [-0.4, -0.2) is 8.96 Å². The summed E-state index contributed by atoms with van der Waals surface area (Å²) < 4.78 is 1.67. The van der Waals surface area contributed by atoms with Gasteiger partial charge in [0, 0.05) is 6.20 Å². The molecule has 0 spiro atoms. The van der Waals surface area contributed by atoms with Crippen LogP contribution in [-0.2, 0) is 6.42 Å². The first-order valence-electron chi connectivity index (χ1n) is 3.05. The minimum absolute atomic E-state index is 1.05. The van der Waals surface area contributed by atoms with Gasteiger partial charge in [-0.1, -0.05) is 26.2 Å². The van der Waals surface area contributed by atoms with Crippen LogP contribution in [0.4, 0.5) is 0 Å². The average Bonchev–Trinajstić information content (AvgIpc) is 2.17. The molecule has 0 aliphatic carbocycles. The minimum atomic E-state index is 1.05. The van der Waals surface area contributed by atoms with Gasteiger partial charge >= 0.3 is 0 Å². The molecule has 0 N–H and O–H groups in total. The van der Waals surface area contributed by atoms with Crippen LogP contribution in [0.5, 0.6) is 0 Å². The van der Waals surface area contributed by atoms with Gasteiger partial charge < -0.3 is 0 Å². The maximum Gasteiger partial charge on any atom is 0.105 e. The van der Waals surface area contributed by atoms with Gasteiger partial charge in [-0.25, -0.2) is 4.98 Å². The number of rotatable bonds is 2. The SMILES string of the molecule is CCCc1cn(S)cn1. The Kier molecular flexibility index (Phi) is 2.16. The standard InChI is InChI=1S/C6H10N2S/c1-2-3-6-4-8(9)5-7-6/h4-5,9H,2-3H2,1H3. The Balaban J connectivity index is 2.61. The van der Waals surface area contributed by atoms with Crippen LogP contribution in [0.15, 0.2) is 12.5 Å². The average molecular weight is 142 g/mol. The lowest BCUT2D eigenvalue weighted by molar-refractivity contribution is 0.892. The van der Waals surface area contributed by atoms with Crippen molar-refractivity contribution in [1.82, 2.24) is 8.96 Å². The maximum atomic E-state index is 4.09. The lowest BCUT2D eigenvalue weighted by atomic mass is 10.3. The molecule has 9 heavy (non-hydrogen) atoms. The number of thiol groups is 1. The summed E-state index contributed by atoms with van der Waals surface area (Å²) in [4.78, 5) is 4.09. The van der Waals surface area contributed by atoms with Crippen LogP contribution in [0, 0.1) is 0 Å². The van der Waals surface area contributed by atoms with Crippen molar-refractivity contribution in [2.24, 2.45) is 0 Å². The van der Waals surface area contributed by atoms with Gasteiger partial charge in [-0.3, -0.25) is 3.97 Å². The lowest BCUT2D eigenvalue weighted by Gasteiger charge is -1.85. The molecule has 1 aromatic heterocycles. The van der Waals surface area contributed by atoms with Gasteiger partial charge in [0.15, 0.2) is 0 Å². The number of hydrogen-bond donors (Lipinski definition) is 1. The van der Waals surface area contributed by atoms with E-state index < -0.39 is 0 Å². The Hall–Kier alpha value is -0.440. The quantitative estimate of drug-likeness (QED) is 0.620. The largest absolute Gasteiger partial charge is 0.283 e. The van der Waals surface area contributed by atoms with E-state index in [4.69, 9.17) is 0 Å². The summed E-state index contributed by atoms with van der Waals surface area (Å²) in [5.41, 5.74) is 1.12. The summed E-state index contributed by atoms with van der Waals surface area (Å²) >= 11 is 4.05. The van der Waals surface area contributed by atoms with E-state index in [0.717, 1.165) is 18.5 Å². The zero-order valence-electron chi connectivity index (χ0n) is 5.41. The summed E-state index contributed by atoms with van der Waals surface area (Å²) in [6, 6.07) is 0. The lowest BCUT2D eigenvalue weighted by Crippen LogP contribution is -1.79. The Morgan fingerprint density at radius 3 is 3.00 bits per heavy atom. The first-order valence-corrected chi connectivity index (χ1v) is 3.45. The molecule has 3 heteroatoms. The molecule has 0 fully saturated rings. The van der Waals surface area contributed by atoms with Gasteiger partial charge in [0.05, 0.1) is 5.69 Å². The fraction of sp³-hybridized carbons (Fsp3) is 0.500. The highest BCUT2D eigenvalue weighted by molar-refractivity contribution is 7.78. The summed E-state index contributed by atoms with van der Waals surface area (Å²) in [5, 5.41) is 0. The summed E-state index contributed by atoms with van der Waals surface area (Å²) in [6.45, 7) is 2.14. The second-order valence-corrected chi connectivity index (χ2v) is 2.46. The van der Waals surface area contributed by atoms with E-state index in [2.05, 4.69) is 24.7 Å². The highest BCUT2D eigenvalue weighted by Crippen LogP contribution is 1.99. The van der Waals surface area contributed by atoms with Gasteiger partial charge in [0.25, 0.3) is 0 Å². The van der Waals surface area contributed by atoms with Crippen molar-refractivity contribution in [2.45, 2.75) is 19.8 Å². The van der Waals surface area contributed by atoms with Crippen LogP contribution in [0.3, 0.4) is 0 Å². The van der Waals surface area contributed by atoms with Crippen molar-refractivity contribution >= 4 is 12.8 Å². The number of hydrogen-bond acceptors (Lipinski definition) is 2. The second-order valence-electron chi connectivity index (χ2n) is 2.00. The van der Waals surface area contributed by atoms with Crippen molar-refractivity contribution in [1.29, 1.82) is 0 Å². The van der Waals surface area contributed by atoms with Gasteiger partial charge in [-0.2, -0.15) is 0 Å². The van der Waals surface area contributed by atoms with Crippen molar-refractivity contribution in [3.63, 3.8) is 0 Å². The van der Waals surface area contributed by atoms with Crippen LogP contribution >= 0.6 is 12.8 Å². The number of aromatic nitrogens is 2. The van der Waals surface area contributed by atoms with E-state index in [1.807, 2.05) is 6.20 Å². The normalized spacial score (nSPS) is 10.0. The smallest absolute Gasteiger partial charge is 0.105 e. The molecule has 0 saturated heterocycles. The predicted molar refractivity (Wildman–Crippen MR) is 40.6 cm³/mol. The molecule has 50 valence electrons. The van der Waals surface area contributed by atoms with Crippen molar-refractivity contribution in [3.05, 3.63) is 18.2 Å². The first-order chi connectivity index (χ1) is 4.33. The molecule has 0 bridgehead atoms. The Morgan fingerprint density at radius 1 is 1.78 bits per heavy atom. The van der Waals surface area contributed by atoms with E-state index in [-0.39, 0.29) is 0 Å². The van der Waals surface area contributed by atoms with Crippen molar-refractivity contribution in [2.75, 3.05) is 0 Å². The van der Waals surface area contributed by atoms with Gasteiger partial charge in [0.2, 0.25) is 0 Å². The molecule has 0 aromatic carbocycles. The maximum absolute atomic E-state index is 4.09. The summed E-state index contributed by atoms with van der Waals surface area (Å²) in [7, 11) is 0. The van der Waals surface area contributed by atoms with E-state index in [9.17, 15) is 0 Å². The zero-order chi connectivity index (χ0) is 6.69. The Morgan fingerprint density at radius 2 is 2.56 bits per heavy atom. The third kappa shape index (κ3) is 1.75. The third-order valence-electron chi connectivity index (χ3n) is 1.13. The van der Waals surface area contributed by atoms with Gasteiger partial charge in [-0.05, 0) is 6.42 Å². The predicted octanol–water partition coefficient (Wildman–Crippen LogP) is 1.53. The summed E-state index contributed by atoms with van der Waals surface area (Å²) in [6.07, 6.45) is 5.82. The molecule has 0 saturated carbocycles. The van der Waals surface area contributed by atoms with E-state index in [1.54, 1.807) is 10.3 Å². The first kappa shape index (κ1) is 6.68. The van der Waals surface area contributed by atoms with E-state index in [1.165, 1.54) is 0 Å². The number of imidazole rings is 1. The molecule has 0 unspecified atom stereocenters. The Bertz CT molecular complexity index is 183. The monoisotopic (exact) mass is 142 g/mol. The molecule has 2 nitrogen and oxygen atoms in total. The van der Waals surface area contributed by atoms with Crippen LogP contribution < -0.4 is 0 Å². The third-order valence-corrected chi connectivity index (χ3v) is 1.35. The molecule has 1 heterocycles. The second kappa shape index (κ2) is 2.92. The summed E-state index contributed by atoms with van der Waals surface area (Å²) in [5.74, 6) is 0. The molecular formula is C6H10N2S. The molecule has 0 aliphatic rings. The molecular weight excluding hydrogens is 132 g/mol. The topological polar surface area (TPSA) is 17.8 Å². The number of aryl methyl sites for hydroxylation is 1. The van der Waals surface area contributed by atoms with Gasteiger partial charge in [-0.15, -0.1) is 0 Å². The van der Waals surface area contributed by atoms with Gasteiger partial charge in [0.1, 0.15) is 6.33 Å². The molecule has 0 radical (unpaired) electrons. The molecule has 0 amide bonds. The fourth-order valence-electron chi connectivity index (χ4n) is 0.738. The van der Waals surface area contributed by atoms with Crippen LogP contribution in [0.1, 0.15) is 19.0 Å². The highest BCUT2D eigenvalue weighted by atomic mass is 32.1.